The lowest BCUT2D eigenvalue weighted by Gasteiger charge is -2.17. The van der Waals surface area contributed by atoms with Gasteiger partial charge in [0.05, 0.1) is 6.61 Å². The van der Waals surface area contributed by atoms with Crippen molar-refractivity contribution in [3.63, 3.8) is 0 Å². The maximum absolute atomic E-state index is 9.22. The summed E-state index contributed by atoms with van der Waals surface area (Å²) in [6.45, 7) is 5.40. The minimum atomic E-state index is -0.972. The lowest BCUT2D eigenvalue weighted by molar-refractivity contribution is 0.0538. The molecule has 1 aromatic rings. The number of ether oxygens (including phenoxy) is 1. The summed E-state index contributed by atoms with van der Waals surface area (Å²) in [6.07, 6.45) is -0.0857. The molecule has 0 bridgehead atoms. The Balaban J connectivity index is 0.00000172. The van der Waals surface area contributed by atoms with Gasteiger partial charge in [0.2, 0.25) is 0 Å². The second-order valence-corrected chi connectivity index (χ2v) is 3.69. The molecular weight excluding hydrogens is 260 g/mol. The van der Waals surface area contributed by atoms with E-state index in [4.69, 9.17) is 20.8 Å². The molecule has 112 valence electrons. The van der Waals surface area contributed by atoms with E-state index in [-0.39, 0.29) is 6.61 Å². The van der Waals surface area contributed by atoms with Crippen LogP contribution >= 0.6 is 0 Å². The van der Waals surface area contributed by atoms with Gasteiger partial charge in [0.25, 0.3) is 0 Å². The number of aliphatic hydroxyl groups excluding tert-OH is 2. The number of aryl methyl sites for hydroxylation is 1. The molecule has 0 saturated heterocycles. The molecule has 1 unspecified atom stereocenters. The normalized spacial score (nSPS) is 10.8. The zero-order valence-corrected chi connectivity index (χ0v) is 12.0. The highest BCUT2D eigenvalue weighted by atomic mass is 16.5. The van der Waals surface area contributed by atoms with Gasteiger partial charge in [-0.15, -0.1) is 0 Å². The number of benzene rings is 1. The molecule has 7 nitrogen and oxygen atoms in total. The highest BCUT2D eigenvalue weighted by Crippen LogP contribution is 2.29. The topological polar surface area (TPSA) is 113 Å². The van der Waals surface area contributed by atoms with E-state index in [1.165, 1.54) is 0 Å². The predicted molar refractivity (Wildman–Crippen MR) is 77.5 cm³/mol. The molecule has 0 radical (unpaired) electrons. The summed E-state index contributed by atoms with van der Waals surface area (Å²) >= 11 is 0. The van der Waals surface area contributed by atoms with Crippen molar-refractivity contribution in [3.05, 3.63) is 23.8 Å². The molecule has 0 aliphatic heterocycles. The van der Waals surface area contributed by atoms with E-state index < -0.39 is 12.7 Å². The monoisotopic (exact) mass is 282 g/mol. The van der Waals surface area contributed by atoms with Crippen LogP contribution in [0.3, 0.4) is 0 Å². The molecule has 0 amide bonds. The SMILES string of the molecule is CC.Cc1ccc(OCC(O)CO)c(N(C=N)N=N)c1. The molecule has 20 heavy (non-hydrogen) atoms. The Hall–Kier alpha value is -1.99. The van der Waals surface area contributed by atoms with Gasteiger partial charge in [-0.2, -0.15) is 5.53 Å². The number of rotatable bonds is 7. The minimum Gasteiger partial charge on any atom is -0.489 e. The highest BCUT2D eigenvalue weighted by molar-refractivity contribution is 5.79. The van der Waals surface area contributed by atoms with Gasteiger partial charge in [-0.25, -0.2) is 5.01 Å². The van der Waals surface area contributed by atoms with Crippen LogP contribution in [0.2, 0.25) is 0 Å². The Morgan fingerprint density at radius 1 is 1.45 bits per heavy atom. The van der Waals surface area contributed by atoms with Crippen LogP contribution in [0.15, 0.2) is 23.4 Å². The van der Waals surface area contributed by atoms with Crippen LogP contribution in [0.4, 0.5) is 5.69 Å². The van der Waals surface area contributed by atoms with Gasteiger partial charge >= 0.3 is 0 Å². The number of nitrogens with zero attached hydrogens (tertiary/aromatic N) is 2. The van der Waals surface area contributed by atoms with Gasteiger partial charge in [-0.1, -0.05) is 25.1 Å². The van der Waals surface area contributed by atoms with Crippen molar-refractivity contribution in [1.82, 2.24) is 0 Å². The lowest BCUT2D eigenvalue weighted by Crippen LogP contribution is -2.22. The summed E-state index contributed by atoms with van der Waals surface area (Å²) in [5, 5.41) is 29.3. The molecule has 1 aromatic carbocycles. The van der Waals surface area contributed by atoms with Crippen molar-refractivity contribution in [2.24, 2.45) is 5.22 Å². The van der Waals surface area contributed by atoms with Crippen LogP contribution in [0, 0.1) is 17.9 Å². The van der Waals surface area contributed by atoms with E-state index in [2.05, 4.69) is 5.22 Å². The Kier molecular flexibility index (Phi) is 8.89. The summed E-state index contributed by atoms with van der Waals surface area (Å²) in [7, 11) is 0. The molecule has 0 aromatic heterocycles. The van der Waals surface area contributed by atoms with E-state index in [1.54, 1.807) is 18.2 Å². The van der Waals surface area contributed by atoms with Gasteiger partial charge in [0, 0.05) is 0 Å². The molecule has 0 saturated carbocycles. The first-order valence-corrected chi connectivity index (χ1v) is 6.32. The largest absolute Gasteiger partial charge is 0.489 e. The van der Waals surface area contributed by atoms with Crippen molar-refractivity contribution in [2.75, 3.05) is 18.2 Å². The van der Waals surface area contributed by atoms with E-state index in [0.717, 1.165) is 16.9 Å². The fourth-order valence-corrected chi connectivity index (χ4v) is 1.32. The maximum Gasteiger partial charge on any atom is 0.145 e. The predicted octanol–water partition coefficient (Wildman–Crippen LogP) is 2.11. The summed E-state index contributed by atoms with van der Waals surface area (Å²) in [4.78, 5) is 0. The van der Waals surface area contributed by atoms with Crippen LogP contribution in [-0.2, 0) is 0 Å². The maximum atomic E-state index is 9.22. The molecule has 1 atom stereocenters. The van der Waals surface area contributed by atoms with Crippen molar-refractivity contribution < 1.29 is 14.9 Å². The molecule has 0 fully saturated rings. The third-order valence-corrected chi connectivity index (χ3v) is 2.23. The number of nitrogens with one attached hydrogen (secondary N) is 2. The fourth-order valence-electron chi connectivity index (χ4n) is 1.32. The van der Waals surface area contributed by atoms with Crippen molar-refractivity contribution in [3.8, 4) is 5.75 Å². The molecule has 1 rings (SSSR count). The Morgan fingerprint density at radius 2 is 2.10 bits per heavy atom. The van der Waals surface area contributed by atoms with E-state index in [1.807, 2.05) is 20.8 Å². The quantitative estimate of drug-likeness (QED) is 0.265. The molecule has 4 N–H and O–H groups in total. The van der Waals surface area contributed by atoms with Crippen molar-refractivity contribution in [2.45, 2.75) is 26.9 Å². The summed E-state index contributed by atoms with van der Waals surface area (Å²) < 4.78 is 5.33. The summed E-state index contributed by atoms with van der Waals surface area (Å²) in [6, 6.07) is 5.18. The molecule has 7 heteroatoms. The molecule has 0 aliphatic rings. The second kappa shape index (κ2) is 9.88. The first-order chi connectivity index (χ1) is 9.62. The average Bonchev–Trinajstić information content (AvgIpc) is 2.49. The third-order valence-electron chi connectivity index (χ3n) is 2.23. The van der Waals surface area contributed by atoms with Gasteiger partial charge in [0.1, 0.15) is 30.5 Å². The smallest absolute Gasteiger partial charge is 0.145 e. The molecule has 0 spiro atoms. The summed E-state index contributed by atoms with van der Waals surface area (Å²) in [5.74, 6) is 0.382. The Labute approximate surface area is 118 Å². The molecule has 0 aliphatic carbocycles. The van der Waals surface area contributed by atoms with Gasteiger partial charge in [-0.3, -0.25) is 5.41 Å². The number of hydrogen-bond acceptors (Lipinski definition) is 6. The standard InChI is InChI=1S/C11H16N4O3.C2H6/c1-8-2-3-11(18-6-9(17)5-16)10(4-8)15(7-12)14-13;1-2/h2-4,7,9,12-13,16-17H,5-6H2,1H3;1-2H3. The van der Waals surface area contributed by atoms with Crippen LogP contribution in [0.25, 0.3) is 0 Å². The van der Waals surface area contributed by atoms with Gasteiger partial charge in [0.15, 0.2) is 0 Å². The third kappa shape index (κ3) is 5.33. The number of anilines is 1. The lowest BCUT2D eigenvalue weighted by atomic mass is 10.2. The second-order valence-electron chi connectivity index (χ2n) is 3.69. The van der Waals surface area contributed by atoms with Crippen molar-refractivity contribution >= 4 is 12.0 Å². The van der Waals surface area contributed by atoms with E-state index in [9.17, 15) is 5.11 Å². The van der Waals surface area contributed by atoms with Gasteiger partial charge in [-0.05, 0) is 24.6 Å². The highest BCUT2D eigenvalue weighted by Gasteiger charge is 2.12. The number of hydrogen-bond donors (Lipinski definition) is 4. The first kappa shape index (κ1) is 18.0. The van der Waals surface area contributed by atoms with Gasteiger partial charge < -0.3 is 14.9 Å². The van der Waals surface area contributed by atoms with E-state index in [0.29, 0.717) is 11.4 Å². The zero-order valence-electron chi connectivity index (χ0n) is 12.0. The summed E-state index contributed by atoms with van der Waals surface area (Å²) in [5.41, 5.74) is 8.33. The van der Waals surface area contributed by atoms with Crippen LogP contribution < -0.4 is 9.75 Å². The Morgan fingerprint density at radius 3 is 2.60 bits per heavy atom. The average molecular weight is 282 g/mol. The van der Waals surface area contributed by atoms with Crippen LogP contribution in [-0.4, -0.2) is 35.9 Å². The van der Waals surface area contributed by atoms with Crippen LogP contribution in [0.5, 0.6) is 5.75 Å². The first-order valence-electron chi connectivity index (χ1n) is 6.32. The van der Waals surface area contributed by atoms with E-state index >= 15 is 0 Å². The minimum absolute atomic E-state index is 0.0730. The number of aliphatic hydroxyl groups is 2. The molecule has 0 heterocycles. The van der Waals surface area contributed by atoms with Crippen LogP contribution in [0.1, 0.15) is 19.4 Å². The Bertz CT molecular complexity index is 418. The fraction of sp³-hybridized carbons (Fsp3) is 0.462. The zero-order chi connectivity index (χ0) is 15.5. The van der Waals surface area contributed by atoms with Crippen molar-refractivity contribution in [1.29, 1.82) is 10.9 Å². The molecular formula is C13H22N4O3.